The molecule has 1 saturated carbocycles. The van der Waals surface area contributed by atoms with Crippen LogP contribution in [0.3, 0.4) is 0 Å². The first-order valence-corrected chi connectivity index (χ1v) is 6.92. The average molecular weight is 272 g/mol. The van der Waals surface area contributed by atoms with Gasteiger partial charge in [0.2, 0.25) is 0 Å². The van der Waals surface area contributed by atoms with Crippen molar-refractivity contribution in [3.05, 3.63) is 41.5 Å². The molecule has 1 aliphatic carbocycles. The maximum atomic E-state index is 12.1. The van der Waals surface area contributed by atoms with E-state index >= 15 is 0 Å². The normalized spacial score (nSPS) is 21.3. The van der Waals surface area contributed by atoms with Crippen LogP contribution in [0.25, 0.3) is 6.08 Å². The van der Waals surface area contributed by atoms with Crippen LogP contribution < -0.4 is 0 Å². The van der Waals surface area contributed by atoms with E-state index in [1.807, 2.05) is 30.3 Å². The fraction of sp³-hybridized carbons (Fsp3) is 0.375. The highest BCUT2D eigenvalue weighted by Gasteiger charge is 2.46. The van der Waals surface area contributed by atoms with Gasteiger partial charge in [-0.05, 0) is 24.5 Å². The lowest BCUT2D eigenvalue weighted by atomic mass is 9.93. The van der Waals surface area contributed by atoms with Gasteiger partial charge in [-0.3, -0.25) is 0 Å². The highest BCUT2D eigenvalue weighted by Crippen LogP contribution is 2.37. The van der Waals surface area contributed by atoms with Gasteiger partial charge in [-0.1, -0.05) is 36.8 Å². The molecule has 4 nitrogen and oxygen atoms in total. The molecule has 4 heteroatoms. The van der Waals surface area contributed by atoms with Gasteiger partial charge in [0, 0.05) is 12.8 Å². The van der Waals surface area contributed by atoms with E-state index in [0.717, 1.165) is 24.8 Å². The lowest BCUT2D eigenvalue weighted by Crippen LogP contribution is -2.47. The van der Waals surface area contributed by atoms with Gasteiger partial charge in [0.1, 0.15) is 5.57 Å². The number of hydrogen-bond donors (Lipinski definition) is 0. The lowest BCUT2D eigenvalue weighted by Gasteiger charge is -2.38. The quantitative estimate of drug-likeness (QED) is 0.448. The molecule has 1 saturated heterocycles. The second-order valence-corrected chi connectivity index (χ2v) is 5.22. The van der Waals surface area contributed by atoms with Crippen molar-refractivity contribution < 1.29 is 19.1 Å². The number of carbonyl (C=O) groups is 2. The largest absolute Gasteiger partial charge is 0.419 e. The van der Waals surface area contributed by atoms with Gasteiger partial charge in [0.25, 0.3) is 5.79 Å². The Kier molecular flexibility index (Phi) is 3.30. The third kappa shape index (κ3) is 2.46. The molecule has 1 spiro atoms. The molecule has 0 radical (unpaired) electrons. The van der Waals surface area contributed by atoms with Crippen LogP contribution in [-0.4, -0.2) is 17.7 Å². The molecular weight excluding hydrogens is 256 g/mol. The number of rotatable bonds is 1. The molecule has 0 amide bonds. The van der Waals surface area contributed by atoms with Gasteiger partial charge in [0.05, 0.1) is 0 Å². The van der Waals surface area contributed by atoms with E-state index < -0.39 is 17.7 Å². The molecule has 0 unspecified atom stereocenters. The molecule has 1 aliphatic heterocycles. The van der Waals surface area contributed by atoms with Crippen molar-refractivity contribution in [3.63, 3.8) is 0 Å². The van der Waals surface area contributed by atoms with Crippen molar-refractivity contribution in [3.8, 4) is 0 Å². The second-order valence-electron chi connectivity index (χ2n) is 5.22. The molecule has 0 aromatic heterocycles. The molecule has 2 aliphatic rings. The Balaban J connectivity index is 1.84. The van der Waals surface area contributed by atoms with E-state index in [2.05, 4.69) is 0 Å². The fourth-order valence-electron chi connectivity index (χ4n) is 2.68. The minimum atomic E-state index is -1.01. The zero-order valence-electron chi connectivity index (χ0n) is 11.1. The summed E-state index contributed by atoms with van der Waals surface area (Å²) in [7, 11) is 0. The number of carbonyl (C=O) groups excluding carboxylic acids is 2. The molecule has 3 rings (SSSR count). The van der Waals surface area contributed by atoms with E-state index in [1.54, 1.807) is 0 Å². The summed E-state index contributed by atoms with van der Waals surface area (Å²) < 4.78 is 10.8. The fourth-order valence-corrected chi connectivity index (χ4v) is 2.68. The monoisotopic (exact) mass is 272 g/mol. The van der Waals surface area contributed by atoms with Crippen molar-refractivity contribution in [1.29, 1.82) is 0 Å². The zero-order valence-corrected chi connectivity index (χ0v) is 11.1. The molecule has 20 heavy (non-hydrogen) atoms. The van der Waals surface area contributed by atoms with Crippen LogP contribution >= 0.6 is 0 Å². The summed E-state index contributed by atoms with van der Waals surface area (Å²) in [5.41, 5.74) is 0.739. The summed E-state index contributed by atoms with van der Waals surface area (Å²) in [5.74, 6) is -2.17. The van der Waals surface area contributed by atoms with Crippen LogP contribution in [0.15, 0.2) is 35.9 Å². The van der Waals surface area contributed by atoms with Crippen LogP contribution in [0, 0.1) is 0 Å². The molecule has 2 fully saturated rings. The smallest absolute Gasteiger partial charge is 0.348 e. The topological polar surface area (TPSA) is 52.6 Å². The van der Waals surface area contributed by atoms with Crippen molar-refractivity contribution in [1.82, 2.24) is 0 Å². The third-order valence-electron chi connectivity index (χ3n) is 3.72. The highest BCUT2D eigenvalue weighted by molar-refractivity contribution is 6.18. The van der Waals surface area contributed by atoms with E-state index in [0.29, 0.717) is 12.8 Å². The molecule has 1 aromatic carbocycles. The van der Waals surface area contributed by atoms with Crippen molar-refractivity contribution in [2.45, 2.75) is 37.9 Å². The number of esters is 2. The molecule has 1 aromatic rings. The van der Waals surface area contributed by atoms with Crippen molar-refractivity contribution in [2.24, 2.45) is 0 Å². The number of ether oxygens (including phenoxy) is 2. The summed E-state index contributed by atoms with van der Waals surface area (Å²) in [6, 6.07) is 9.19. The van der Waals surface area contributed by atoms with Crippen LogP contribution in [0.2, 0.25) is 0 Å². The molecule has 0 N–H and O–H groups in total. The predicted molar refractivity (Wildman–Crippen MR) is 72.4 cm³/mol. The number of hydrogen-bond acceptors (Lipinski definition) is 4. The summed E-state index contributed by atoms with van der Waals surface area (Å²) in [6.07, 6.45) is 5.63. The van der Waals surface area contributed by atoms with Crippen LogP contribution in [0.1, 0.15) is 37.7 Å². The van der Waals surface area contributed by atoms with E-state index in [-0.39, 0.29) is 5.57 Å². The Morgan fingerprint density at radius 1 is 0.900 bits per heavy atom. The van der Waals surface area contributed by atoms with Gasteiger partial charge < -0.3 is 9.47 Å². The average Bonchev–Trinajstić information content (AvgIpc) is 2.45. The predicted octanol–water partition coefficient (Wildman–Crippen LogP) is 2.83. The first-order chi connectivity index (χ1) is 9.69. The number of benzene rings is 1. The maximum Gasteiger partial charge on any atom is 0.348 e. The first-order valence-electron chi connectivity index (χ1n) is 6.92. The van der Waals surface area contributed by atoms with Gasteiger partial charge in [-0.25, -0.2) is 9.59 Å². The van der Waals surface area contributed by atoms with Gasteiger partial charge in [0.15, 0.2) is 0 Å². The molecular formula is C16H16O4. The Morgan fingerprint density at radius 2 is 1.50 bits per heavy atom. The van der Waals surface area contributed by atoms with Gasteiger partial charge >= 0.3 is 11.9 Å². The third-order valence-corrected chi connectivity index (χ3v) is 3.72. The van der Waals surface area contributed by atoms with Crippen LogP contribution in [0.5, 0.6) is 0 Å². The maximum absolute atomic E-state index is 12.1. The SMILES string of the molecule is O=C1OC2(CCCCC2)OC(=O)C1=Cc1ccccc1. The standard InChI is InChI=1S/C16H16O4/c17-14-13(11-12-7-3-1-4-8-12)15(18)20-16(19-14)9-5-2-6-10-16/h1,3-4,7-8,11H,2,5-6,9-10H2. The lowest BCUT2D eigenvalue weighted by molar-refractivity contribution is -0.244. The van der Waals surface area contributed by atoms with E-state index in [1.165, 1.54) is 6.08 Å². The Labute approximate surface area is 117 Å². The first kappa shape index (κ1) is 12.9. The summed E-state index contributed by atoms with van der Waals surface area (Å²) in [6.45, 7) is 0. The molecule has 1 heterocycles. The summed E-state index contributed by atoms with van der Waals surface area (Å²) in [5, 5.41) is 0. The summed E-state index contributed by atoms with van der Waals surface area (Å²) >= 11 is 0. The minimum Gasteiger partial charge on any atom is -0.419 e. The van der Waals surface area contributed by atoms with Gasteiger partial charge in [-0.15, -0.1) is 0 Å². The zero-order chi connectivity index (χ0) is 14.0. The second kappa shape index (κ2) is 5.12. The molecule has 0 atom stereocenters. The Morgan fingerprint density at radius 3 is 2.10 bits per heavy atom. The van der Waals surface area contributed by atoms with E-state index in [4.69, 9.17) is 9.47 Å². The molecule has 104 valence electrons. The van der Waals surface area contributed by atoms with E-state index in [9.17, 15) is 9.59 Å². The van der Waals surface area contributed by atoms with Crippen LogP contribution in [0.4, 0.5) is 0 Å². The van der Waals surface area contributed by atoms with Crippen LogP contribution in [-0.2, 0) is 19.1 Å². The Hall–Kier alpha value is -2.10. The van der Waals surface area contributed by atoms with Crippen molar-refractivity contribution in [2.75, 3.05) is 0 Å². The van der Waals surface area contributed by atoms with Gasteiger partial charge in [-0.2, -0.15) is 0 Å². The highest BCUT2D eigenvalue weighted by atomic mass is 16.7. The minimum absolute atomic E-state index is 0.0348. The summed E-state index contributed by atoms with van der Waals surface area (Å²) in [4.78, 5) is 24.2. The molecule has 0 bridgehead atoms. The van der Waals surface area contributed by atoms with Crippen molar-refractivity contribution >= 4 is 18.0 Å². The Bertz CT molecular complexity index is 531.